The maximum atomic E-state index is 10.7. The second-order valence-corrected chi connectivity index (χ2v) is 2.66. The minimum absolute atomic E-state index is 0.208. The summed E-state index contributed by atoms with van der Waals surface area (Å²) in [5.41, 5.74) is 0.819. The van der Waals surface area contributed by atoms with Crippen molar-refractivity contribution < 1.29 is 9.90 Å². The SMILES string of the molecule is CCc1ncc(C(=O)O)c(CC)n1. The van der Waals surface area contributed by atoms with Gasteiger partial charge in [-0.15, -0.1) is 0 Å². The zero-order chi connectivity index (χ0) is 9.84. The van der Waals surface area contributed by atoms with Crippen molar-refractivity contribution in [3.05, 3.63) is 23.3 Å². The predicted octanol–water partition coefficient (Wildman–Crippen LogP) is 1.30. The van der Waals surface area contributed by atoms with Crippen LogP contribution in [0, 0.1) is 0 Å². The van der Waals surface area contributed by atoms with E-state index in [2.05, 4.69) is 9.97 Å². The molecule has 0 fully saturated rings. The van der Waals surface area contributed by atoms with Gasteiger partial charge in [0.2, 0.25) is 0 Å². The van der Waals surface area contributed by atoms with E-state index in [9.17, 15) is 4.79 Å². The van der Waals surface area contributed by atoms with Crippen molar-refractivity contribution in [2.75, 3.05) is 0 Å². The van der Waals surface area contributed by atoms with Crippen LogP contribution in [0.5, 0.6) is 0 Å². The highest BCUT2D eigenvalue weighted by atomic mass is 16.4. The largest absolute Gasteiger partial charge is 0.478 e. The Labute approximate surface area is 76.7 Å². The Morgan fingerprint density at radius 2 is 2.15 bits per heavy atom. The molecule has 0 saturated carbocycles. The quantitative estimate of drug-likeness (QED) is 0.761. The summed E-state index contributed by atoms with van der Waals surface area (Å²) in [4.78, 5) is 18.8. The van der Waals surface area contributed by atoms with Crippen LogP contribution < -0.4 is 0 Å². The highest BCUT2D eigenvalue weighted by molar-refractivity contribution is 5.88. The van der Waals surface area contributed by atoms with Crippen molar-refractivity contribution in [3.63, 3.8) is 0 Å². The van der Waals surface area contributed by atoms with Crippen LogP contribution in [-0.2, 0) is 12.8 Å². The maximum absolute atomic E-state index is 10.7. The molecular formula is C9H12N2O2. The van der Waals surface area contributed by atoms with Gasteiger partial charge in [0.15, 0.2) is 0 Å². The van der Waals surface area contributed by atoms with E-state index in [1.54, 1.807) is 0 Å². The van der Waals surface area contributed by atoms with E-state index in [0.717, 1.165) is 6.42 Å². The average Bonchev–Trinajstić information content (AvgIpc) is 2.16. The van der Waals surface area contributed by atoms with Crippen LogP contribution in [0.15, 0.2) is 6.20 Å². The summed E-state index contributed by atoms with van der Waals surface area (Å²) in [5, 5.41) is 8.78. The molecule has 1 N–H and O–H groups in total. The van der Waals surface area contributed by atoms with Crippen molar-refractivity contribution in [2.45, 2.75) is 26.7 Å². The Kier molecular flexibility index (Phi) is 2.95. The van der Waals surface area contributed by atoms with Gasteiger partial charge in [0.1, 0.15) is 5.82 Å². The number of hydrogen-bond acceptors (Lipinski definition) is 3. The first-order valence-electron chi connectivity index (χ1n) is 4.27. The summed E-state index contributed by atoms with van der Waals surface area (Å²) in [6.07, 6.45) is 2.73. The summed E-state index contributed by atoms with van der Waals surface area (Å²) in [6.45, 7) is 3.82. The van der Waals surface area contributed by atoms with Crippen molar-refractivity contribution in [1.82, 2.24) is 9.97 Å². The second-order valence-electron chi connectivity index (χ2n) is 2.66. The van der Waals surface area contributed by atoms with Crippen LogP contribution in [0.1, 0.15) is 35.7 Å². The van der Waals surface area contributed by atoms with Gasteiger partial charge in [0, 0.05) is 12.6 Å². The van der Waals surface area contributed by atoms with Crippen molar-refractivity contribution in [2.24, 2.45) is 0 Å². The molecule has 0 aliphatic carbocycles. The molecule has 1 heterocycles. The lowest BCUT2D eigenvalue weighted by Gasteiger charge is -2.03. The van der Waals surface area contributed by atoms with Gasteiger partial charge in [-0.3, -0.25) is 0 Å². The third kappa shape index (κ3) is 2.02. The standard InChI is InChI=1S/C9H12N2O2/c1-3-7-6(9(12)13)5-10-8(4-2)11-7/h5H,3-4H2,1-2H3,(H,12,13). The van der Waals surface area contributed by atoms with E-state index in [1.807, 2.05) is 13.8 Å². The van der Waals surface area contributed by atoms with E-state index in [-0.39, 0.29) is 5.56 Å². The normalized spacial score (nSPS) is 10.0. The fourth-order valence-corrected chi connectivity index (χ4v) is 1.08. The molecule has 0 amide bonds. The topological polar surface area (TPSA) is 63.1 Å². The summed E-state index contributed by atoms with van der Waals surface area (Å²) < 4.78 is 0. The molecule has 1 aromatic rings. The smallest absolute Gasteiger partial charge is 0.339 e. The number of aromatic nitrogens is 2. The Morgan fingerprint density at radius 3 is 2.62 bits per heavy atom. The zero-order valence-corrected chi connectivity index (χ0v) is 7.74. The van der Waals surface area contributed by atoms with Crippen LogP contribution in [-0.4, -0.2) is 21.0 Å². The molecule has 1 rings (SSSR count). The van der Waals surface area contributed by atoms with Crippen LogP contribution >= 0.6 is 0 Å². The van der Waals surface area contributed by atoms with Crippen LogP contribution in [0.4, 0.5) is 0 Å². The van der Waals surface area contributed by atoms with Gasteiger partial charge in [-0.1, -0.05) is 13.8 Å². The molecule has 0 aliphatic rings. The monoisotopic (exact) mass is 180 g/mol. The lowest BCUT2D eigenvalue weighted by Crippen LogP contribution is -2.07. The zero-order valence-electron chi connectivity index (χ0n) is 7.74. The molecule has 0 atom stereocenters. The molecule has 0 unspecified atom stereocenters. The Morgan fingerprint density at radius 1 is 1.46 bits per heavy atom. The number of hydrogen-bond donors (Lipinski definition) is 1. The van der Waals surface area contributed by atoms with Crippen LogP contribution in [0.2, 0.25) is 0 Å². The van der Waals surface area contributed by atoms with Crippen LogP contribution in [0.25, 0.3) is 0 Å². The fraction of sp³-hybridized carbons (Fsp3) is 0.444. The van der Waals surface area contributed by atoms with Gasteiger partial charge in [-0.05, 0) is 6.42 Å². The first-order valence-corrected chi connectivity index (χ1v) is 4.27. The highest BCUT2D eigenvalue weighted by Gasteiger charge is 2.10. The molecule has 0 bridgehead atoms. The molecule has 70 valence electrons. The van der Waals surface area contributed by atoms with Gasteiger partial charge in [0.25, 0.3) is 0 Å². The number of carboxylic acids is 1. The van der Waals surface area contributed by atoms with Crippen molar-refractivity contribution in [1.29, 1.82) is 0 Å². The number of carboxylic acid groups (broad SMARTS) is 1. The minimum atomic E-state index is -0.959. The second kappa shape index (κ2) is 3.98. The fourth-order valence-electron chi connectivity index (χ4n) is 1.08. The summed E-state index contributed by atoms with van der Waals surface area (Å²) in [7, 11) is 0. The van der Waals surface area contributed by atoms with Crippen molar-refractivity contribution in [3.8, 4) is 0 Å². The molecule has 0 spiro atoms. The Balaban J connectivity index is 3.15. The first kappa shape index (κ1) is 9.64. The number of aromatic carboxylic acids is 1. The van der Waals surface area contributed by atoms with E-state index in [4.69, 9.17) is 5.11 Å². The van der Waals surface area contributed by atoms with Gasteiger partial charge < -0.3 is 5.11 Å². The van der Waals surface area contributed by atoms with Crippen LogP contribution in [0.3, 0.4) is 0 Å². The minimum Gasteiger partial charge on any atom is -0.478 e. The average molecular weight is 180 g/mol. The lowest BCUT2D eigenvalue weighted by molar-refractivity contribution is 0.0694. The molecule has 0 aromatic carbocycles. The first-order chi connectivity index (χ1) is 6.19. The molecule has 0 aliphatic heterocycles. The van der Waals surface area contributed by atoms with Gasteiger partial charge in [-0.25, -0.2) is 14.8 Å². The van der Waals surface area contributed by atoms with Crippen molar-refractivity contribution >= 4 is 5.97 Å². The third-order valence-electron chi connectivity index (χ3n) is 1.80. The molecule has 0 radical (unpaired) electrons. The van der Waals surface area contributed by atoms with Gasteiger partial charge in [0.05, 0.1) is 11.3 Å². The number of nitrogens with zero attached hydrogens (tertiary/aromatic N) is 2. The van der Waals surface area contributed by atoms with E-state index in [0.29, 0.717) is 17.9 Å². The number of carbonyl (C=O) groups is 1. The maximum Gasteiger partial charge on any atom is 0.339 e. The van der Waals surface area contributed by atoms with Gasteiger partial charge >= 0.3 is 5.97 Å². The van der Waals surface area contributed by atoms with E-state index < -0.39 is 5.97 Å². The summed E-state index contributed by atoms with van der Waals surface area (Å²) in [5.74, 6) is -0.263. The Bertz CT molecular complexity index is 323. The van der Waals surface area contributed by atoms with E-state index >= 15 is 0 Å². The number of aryl methyl sites for hydroxylation is 2. The molecule has 1 aromatic heterocycles. The number of rotatable bonds is 3. The third-order valence-corrected chi connectivity index (χ3v) is 1.80. The molecular weight excluding hydrogens is 168 g/mol. The van der Waals surface area contributed by atoms with Gasteiger partial charge in [-0.2, -0.15) is 0 Å². The van der Waals surface area contributed by atoms with E-state index in [1.165, 1.54) is 6.20 Å². The highest BCUT2D eigenvalue weighted by Crippen LogP contribution is 2.06. The molecule has 4 nitrogen and oxygen atoms in total. The molecule has 13 heavy (non-hydrogen) atoms. The summed E-state index contributed by atoms with van der Waals surface area (Å²) >= 11 is 0. The summed E-state index contributed by atoms with van der Waals surface area (Å²) in [6, 6.07) is 0. The molecule has 4 heteroatoms. The Hall–Kier alpha value is -1.45. The lowest BCUT2D eigenvalue weighted by atomic mass is 10.2. The molecule has 0 saturated heterocycles. The predicted molar refractivity (Wildman–Crippen MR) is 47.7 cm³/mol.